The Kier molecular flexibility index (Phi) is 4.89. The number of hydrogen-bond donors (Lipinski definition) is 4. The van der Waals surface area contributed by atoms with E-state index < -0.39 is 0 Å². The minimum atomic E-state index is 0.0949. The maximum Gasteiger partial charge on any atom is 0.134 e. The number of aryl methyl sites for hydroxylation is 1. The van der Waals surface area contributed by atoms with Crippen LogP contribution in [0, 0.1) is 0 Å². The number of phenolic OH excluding ortho intramolecular Hbond substituents is 1. The molecule has 4 nitrogen and oxygen atoms in total. The van der Waals surface area contributed by atoms with Gasteiger partial charge < -0.3 is 20.4 Å². The average Bonchev–Trinajstić information content (AvgIpc) is 3.36. The smallest absolute Gasteiger partial charge is 0.134 e. The summed E-state index contributed by atoms with van der Waals surface area (Å²) in [6.45, 7) is 1.06. The van der Waals surface area contributed by atoms with Crippen molar-refractivity contribution in [1.29, 1.82) is 0 Å². The lowest BCUT2D eigenvalue weighted by Crippen LogP contribution is -2.07. The standard InChI is InChI=1S/C25H24ClN3O/c1-27-10-3-2-5-15-8-9-17-21(11-15)29-22-12-18(16-6-4-7-23(30)25(16)26)19-13-28-14-20(19)24(17)22/h4,6-9,11-14,27-30H,2-3,5,10H2,1H3. The summed E-state index contributed by atoms with van der Waals surface area (Å²) in [4.78, 5) is 6.87. The van der Waals surface area contributed by atoms with Crippen LogP contribution in [0.4, 0.5) is 0 Å². The van der Waals surface area contributed by atoms with Crippen molar-refractivity contribution in [3.8, 4) is 16.9 Å². The van der Waals surface area contributed by atoms with Crippen molar-refractivity contribution in [3.63, 3.8) is 0 Å². The third kappa shape index (κ3) is 3.13. The molecule has 0 amide bonds. The molecule has 0 spiro atoms. The van der Waals surface area contributed by atoms with E-state index in [-0.39, 0.29) is 5.75 Å². The molecule has 0 bridgehead atoms. The van der Waals surface area contributed by atoms with Gasteiger partial charge in [-0.3, -0.25) is 0 Å². The van der Waals surface area contributed by atoms with Crippen LogP contribution in [0.5, 0.6) is 5.75 Å². The van der Waals surface area contributed by atoms with Crippen molar-refractivity contribution in [1.82, 2.24) is 15.3 Å². The Morgan fingerprint density at radius 2 is 1.80 bits per heavy atom. The number of fused-ring (bicyclic) bond motifs is 5. The van der Waals surface area contributed by atoms with Crippen LogP contribution in [0.25, 0.3) is 43.7 Å². The van der Waals surface area contributed by atoms with E-state index in [9.17, 15) is 5.11 Å². The van der Waals surface area contributed by atoms with Crippen LogP contribution >= 0.6 is 11.6 Å². The normalized spacial score (nSPS) is 11.8. The van der Waals surface area contributed by atoms with E-state index >= 15 is 0 Å². The Hall–Kier alpha value is -2.95. The Labute approximate surface area is 179 Å². The molecule has 0 radical (unpaired) electrons. The van der Waals surface area contributed by atoms with Crippen molar-refractivity contribution >= 4 is 44.2 Å². The molecular formula is C25H24ClN3O. The molecule has 2 heterocycles. The topological polar surface area (TPSA) is 63.8 Å². The molecule has 0 aliphatic carbocycles. The van der Waals surface area contributed by atoms with Gasteiger partial charge in [0, 0.05) is 50.5 Å². The number of unbranched alkanes of at least 4 members (excludes halogenated alkanes) is 1. The van der Waals surface area contributed by atoms with E-state index in [0.717, 1.165) is 45.9 Å². The summed E-state index contributed by atoms with van der Waals surface area (Å²) in [5.74, 6) is 0.0949. The number of aromatic hydroxyl groups is 1. The van der Waals surface area contributed by atoms with Gasteiger partial charge in [-0.05, 0) is 62.2 Å². The zero-order valence-electron chi connectivity index (χ0n) is 16.8. The van der Waals surface area contributed by atoms with Gasteiger partial charge in [-0.15, -0.1) is 0 Å². The highest BCUT2D eigenvalue weighted by Gasteiger charge is 2.16. The van der Waals surface area contributed by atoms with Crippen LogP contribution in [-0.2, 0) is 6.42 Å². The highest BCUT2D eigenvalue weighted by atomic mass is 35.5. The van der Waals surface area contributed by atoms with Crippen LogP contribution in [0.3, 0.4) is 0 Å². The fourth-order valence-electron chi connectivity index (χ4n) is 4.42. The predicted octanol–water partition coefficient (Wildman–Crippen LogP) is 6.37. The molecule has 2 aromatic heterocycles. The number of rotatable bonds is 6. The summed E-state index contributed by atoms with van der Waals surface area (Å²) >= 11 is 6.44. The summed E-state index contributed by atoms with van der Waals surface area (Å²) in [6, 6.07) is 14.3. The zero-order valence-corrected chi connectivity index (χ0v) is 17.6. The van der Waals surface area contributed by atoms with E-state index in [4.69, 9.17) is 11.6 Å². The molecule has 3 aromatic carbocycles. The summed E-state index contributed by atoms with van der Waals surface area (Å²) in [6.07, 6.45) is 7.47. The quantitative estimate of drug-likeness (QED) is 0.242. The summed E-state index contributed by atoms with van der Waals surface area (Å²) in [5, 5.41) is 18.4. The Bertz CT molecular complexity index is 1370. The first kappa shape index (κ1) is 19.0. The van der Waals surface area contributed by atoms with Crippen LogP contribution in [0.15, 0.2) is 54.9 Å². The van der Waals surface area contributed by atoms with Crippen molar-refractivity contribution < 1.29 is 5.11 Å². The highest BCUT2D eigenvalue weighted by Crippen LogP contribution is 2.42. The van der Waals surface area contributed by atoms with E-state index in [0.29, 0.717) is 5.02 Å². The second kappa shape index (κ2) is 7.71. The predicted molar refractivity (Wildman–Crippen MR) is 127 cm³/mol. The Morgan fingerprint density at radius 3 is 2.67 bits per heavy atom. The van der Waals surface area contributed by atoms with Gasteiger partial charge in [0.05, 0.1) is 5.02 Å². The fourth-order valence-corrected chi connectivity index (χ4v) is 4.64. The molecule has 5 heteroatoms. The summed E-state index contributed by atoms with van der Waals surface area (Å²) in [5.41, 5.74) is 5.40. The summed E-state index contributed by atoms with van der Waals surface area (Å²) < 4.78 is 0. The van der Waals surface area contributed by atoms with Gasteiger partial charge >= 0.3 is 0 Å². The maximum atomic E-state index is 10.1. The van der Waals surface area contributed by atoms with Gasteiger partial charge in [0.15, 0.2) is 0 Å². The molecule has 152 valence electrons. The molecule has 5 rings (SSSR count). The van der Waals surface area contributed by atoms with Gasteiger partial charge in [-0.1, -0.05) is 35.9 Å². The number of nitrogens with one attached hydrogen (secondary N) is 3. The molecule has 0 saturated carbocycles. The van der Waals surface area contributed by atoms with Crippen LogP contribution in [0.2, 0.25) is 5.02 Å². The maximum absolute atomic E-state index is 10.1. The molecular weight excluding hydrogens is 394 g/mol. The second-order valence-electron chi connectivity index (χ2n) is 7.83. The van der Waals surface area contributed by atoms with Gasteiger partial charge in [-0.25, -0.2) is 0 Å². The Morgan fingerprint density at radius 1 is 0.933 bits per heavy atom. The van der Waals surface area contributed by atoms with Gasteiger partial charge in [0.2, 0.25) is 0 Å². The zero-order chi connectivity index (χ0) is 20.7. The lowest BCUT2D eigenvalue weighted by molar-refractivity contribution is 0.476. The third-order valence-electron chi connectivity index (χ3n) is 5.90. The lowest BCUT2D eigenvalue weighted by Gasteiger charge is -2.09. The lowest BCUT2D eigenvalue weighted by atomic mass is 9.97. The summed E-state index contributed by atoms with van der Waals surface area (Å²) in [7, 11) is 2.00. The number of hydrogen-bond acceptors (Lipinski definition) is 2. The first-order chi connectivity index (χ1) is 14.7. The van der Waals surface area contributed by atoms with Crippen LogP contribution in [0.1, 0.15) is 18.4 Å². The van der Waals surface area contributed by atoms with Crippen LogP contribution < -0.4 is 5.32 Å². The first-order valence-electron chi connectivity index (χ1n) is 10.3. The van der Waals surface area contributed by atoms with E-state index in [1.807, 2.05) is 31.6 Å². The van der Waals surface area contributed by atoms with E-state index in [1.165, 1.54) is 29.2 Å². The Balaban J connectivity index is 1.67. The third-order valence-corrected chi connectivity index (χ3v) is 6.29. The number of H-pyrrole nitrogens is 2. The number of aromatic amines is 2. The van der Waals surface area contributed by atoms with Crippen molar-refractivity contribution in [2.75, 3.05) is 13.6 Å². The highest BCUT2D eigenvalue weighted by molar-refractivity contribution is 6.35. The van der Waals surface area contributed by atoms with Crippen molar-refractivity contribution in [2.45, 2.75) is 19.3 Å². The monoisotopic (exact) mass is 417 g/mol. The van der Waals surface area contributed by atoms with Crippen LogP contribution in [-0.4, -0.2) is 28.7 Å². The number of benzene rings is 3. The molecule has 30 heavy (non-hydrogen) atoms. The van der Waals surface area contributed by atoms with Gasteiger partial charge in [0.1, 0.15) is 5.75 Å². The van der Waals surface area contributed by atoms with Crippen molar-refractivity contribution in [3.05, 3.63) is 65.4 Å². The molecule has 5 aromatic rings. The minimum absolute atomic E-state index is 0.0949. The van der Waals surface area contributed by atoms with E-state index in [1.54, 1.807) is 6.07 Å². The number of halogens is 1. The molecule has 0 atom stereocenters. The number of aromatic nitrogens is 2. The minimum Gasteiger partial charge on any atom is -0.506 e. The molecule has 0 aliphatic rings. The molecule has 0 fully saturated rings. The van der Waals surface area contributed by atoms with E-state index in [2.05, 4.69) is 39.6 Å². The van der Waals surface area contributed by atoms with Gasteiger partial charge in [-0.2, -0.15) is 0 Å². The SMILES string of the molecule is CNCCCCc1ccc2c(c1)[nH]c1cc(-c3cccc(O)c3Cl)c3c[nH]cc3c12. The average molecular weight is 418 g/mol. The molecule has 0 saturated heterocycles. The van der Waals surface area contributed by atoms with Crippen molar-refractivity contribution in [2.24, 2.45) is 0 Å². The second-order valence-corrected chi connectivity index (χ2v) is 8.21. The fraction of sp³-hybridized carbons (Fsp3) is 0.200. The molecule has 4 N–H and O–H groups in total. The first-order valence-corrected chi connectivity index (χ1v) is 10.7. The molecule has 0 unspecified atom stereocenters. The van der Waals surface area contributed by atoms with Gasteiger partial charge in [0.25, 0.3) is 0 Å². The number of phenols is 1. The largest absolute Gasteiger partial charge is 0.506 e. The molecule has 0 aliphatic heterocycles.